The number of carbonyl (C=O) groups is 1. The number of aromatic amines is 1. The van der Waals surface area contributed by atoms with E-state index in [1.54, 1.807) is 31.3 Å². The van der Waals surface area contributed by atoms with Gasteiger partial charge in [0, 0.05) is 17.8 Å². The molecule has 2 aromatic carbocycles. The molecule has 0 fully saturated rings. The lowest BCUT2D eigenvalue weighted by atomic mass is 10.3. The zero-order valence-electron chi connectivity index (χ0n) is 11.3. The van der Waals surface area contributed by atoms with E-state index < -0.39 is 0 Å². The minimum absolute atomic E-state index is 0.281. The molecular formula is C15H13ClN4O. The molecule has 0 unspecified atom stereocenters. The highest BCUT2D eigenvalue weighted by Crippen LogP contribution is 2.18. The first-order valence-corrected chi connectivity index (χ1v) is 6.76. The number of amides is 2. The third kappa shape index (κ3) is 2.83. The van der Waals surface area contributed by atoms with Crippen LogP contribution in [0, 0.1) is 0 Å². The van der Waals surface area contributed by atoms with Gasteiger partial charge in [-0.05, 0) is 36.4 Å². The molecule has 1 aromatic heterocycles. The quantitative estimate of drug-likeness (QED) is 0.754. The van der Waals surface area contributed by atoms with Crippen LogP contribution in [-0.2, 0) is 0 Å². The van der Waals surface area contributed by atoms with E-state index in [9.17, 15) is 4.79 Å². The summed E-state index contributed by atoms with van der Waals surface area (Å²) < 4.78 is 0. The van der Waals surface area contributed by atoms with Crippen molar-refractivity contribution < 1.29 is 4.79 Å². The van der Waals surface area contributed by atoms with Crippen molar-refractivity contribution in [2.24, 2.45) is 0 Å². The molecular weight excluding hydrogens is 288 g/mol. The van der Waals surface area contributed by atoms with Gasteiger partial charge in [0.25, 0.3) is 0 Å². The molecule has 0 saturated heterocycles. The fourth-order valence-corrected chi connectivity index (χ4v) is 2.06. The Morgan fingerprint density at radius 1 is 1.19 bits per heavy atom. The Kier molecular flexibility index (Phi) is 3.50. The number of para-hydroxylation sites is 2. The molecule has 3 rings (SSSR count). The second-order valence-electron chi connectivity index (χ2n) is 4.57. The summed E-state index contributed by atoms with van der Waals surface area (Å²) in [4.78, 5) is 21.1. The van der Waals surface area contributed by atoms with E-state index in [1.807, 2.05) is 24.3 Å². The monoisotopic (exact) mass is 300 g/mol. The van der Waals surface area contributed by atoms with E-state index in [0.29, 0.717) is 16.7 Å². The number of nitrogens with zero attached hydrogens (tertiary/aromatic N) is 2. The SMILES string of the molecule is CN(C(=O)Nc1ccc(Cl)cc1)c1nc2ccccc2[nH]1. The highest BCUT2D eigenvalue weighted by Gasteiger charge is 2.14. The number of anilines is 2. The van der Waals surface area contributed by atoms with Crippen LogP contribution >= 0.6 is 11.6 Å². The average molecular weight is 301 g/mol. The topological polar surface area (TPSA) is 61.0 Å². The summed E-state index contributed by atoms with van der Waals surface area (Å²) in [6, 6.07) is 14.3. The van der Waals surface area contributed by atoms with Crippen molar-refractivity contribution in [2.45, 2.75) is 0 Å². The van der Waals surface area contributed by atoms with Gasteiger partial charge >= 0.3 is 6.03 Å². The Morgan fingerprint density at radius 2 is 1.90 bits per heavy atom. The third-order valence-corrected chi connectivity index (χ3v) is 3.35. The second-order valence-corrected chi connectivity index (χ2v) is 5.01. The van der Waals surface area contributed by atoms with Crippen molar-refractivity contribution in [1.82, 2.24) is 9.97 Å². The summed E-state index contributed by atoms with van der Waals surface area (Å²) >= 11 is 5.81. The Labute approximate surface area is 126 Å². The number of H-pyrrole nitrogens is 1. The maximum absolute atomic E-state index is 12.2. The van der Waals surface area contributed by atoms with E-state index in [0.717, 1.165) is 11.0 Å². The Bertz CT molecular complexity index is 749. The number of benzene rings is 2. The van der Waals surface area contributed by atoms with Crippen molar-refractivity contribution in [3.8, 4) is 0 Å². The number of carbonyl (C=O) groups excluding carboxylic acids is 1. The van der Waals surface area contributed by atoms with Gasteiger partial charge in [-0.2, -0.15) is 0 Å². The molecule has 0 bridgehead atoms. The molecule has 2 N–H and O–H groups in total. The molecule has 0 aliphatic carbocycles. The van der Waals surface area contributed by atoms with E-state index in [4.69, 9.17) is 11.6 Å². The first-order chi connectivity index (χ1) is 10.1. The lowest BCUT2D eigenvalue weighted by Gasteiger charge is -2.14. The van der Waals surface area contributed by atoms with Crippen molar-refractivity contribution in [3.63, 3.8) is 0 Å². The predicted molar refractivity (Wildman–Crippen MR) is 85.0 cm³/mol. The number of nitrogens with one attached hydrogen (secondary N) is 2. The Balaban J connectivity index is 1.78. The largest absolute Gasteiger partial charge is 0.328 e. The minimum Gasteiger partial charge on any atom is -0.324 e. The van der Waals surface area contributed by atoms with Crippen molar-refractivity contribution >= 4 is 40.3 Å². The summed E-state index contributed by atoms with van der Waals surface area (Å²) in [5.41, 5.74) is 2.38. The van der Waals surface area contributed by atoms with Gasteiger partial charge in [0.05, 0.1) is 11.0 Å². The first kappa shape index (κ1) is 13.5. The lowest BCUT2D eigenvalue weighted by Crippen LogP contribution is -2.31. The first-order valence-electron chi connectivity index (χ1n) is 6.38. The van der Waals surface area contributed by atoms with Gasteiger partial charge in [-0.15, -0.1) is 0 Å². The average Bonchev–Trinajstić information content (AvgIpc) is 2.92. The van der Waals surface area contributed by atoms with E-state index >= 15 is 0 Å². The normalized spacial score (nSPS) is 10.6. The number of hydrogen-bond acceptors (Lipinski definition) is 2. The maximum atomic E-state index is 12.2. The lowest BCUT2D eigenvalue weighted by molar-refractivity contribution is 0.258. The highest BCUT2D eigenvalue weighted by atomic mass is 35.5. The molecule has 1 heterocycles. The van der Waals surface area contributed by atoms with Crippen LogP contribution in [0.2, 0.25) is 5.02 Å². The third-order valence-electron chi connectivity index (χ3n) is 3.09. The number of urea groups is 1. The van der Waals surface area contributed by atoms with Crippen LogP contribution in [0.3, 0.4) is 0 Å². The fraction of sp³-hybridized carbons (Fsp3) is 0.0667. The van der Waals surface area contributed by atoms with Crippen LogP contribution in [0.15, 0.2) is 48.5 Å². The number of fused-ring (bicyclic) bond motifs is 1. The second kappa shape index (κ2) is 5.46. The zero-order chi connectivity index (χ0) is 14.8. The van der Waals surface area contributed by atoms with Crippen molar-refractivity contribution in [3.05, 3.63) is 53.6 Å². The van der Waals surface area contributed by atoms with Gasteiger partial charge in [0.1, 0.15) is 0 Å². The highest BCUT2D eigenvalue weighted by molar-refractivity contribution is 6.30. The molecule has 0 saturated carbocycles. The molecule has 21 heavy (non-hydrogen) atoms. The van der Waals surface area contributed by atoms with Crippen LogP contribution in [0.25, 0.3) is 11.0 Å². The summed E-state index contributed by atoms with van der Waals surface area (Å²) in [6.07, 6.45) is 0. The Morgan fingerprint density at radius 3 is 2.62 bits per heavy atom. The predicted octanol–water partition coefficient (Wildman–Crippen LogP) is 3.88. The van der Waals surface area contributed by atoms with Gasteiger partial charge in [0.15, 0.2) is 0 Å². The minimum atomic E-state index is -0.281. The number of hydrogen-bond donors (Lipinski definition) is 2. The van der Waals surface area contributed by atoms with Gasteiger partial charge in [-0.1, -0.05) is 23.7 Å². The van der Waals surface area contributed by atoms with Crippen LogP contribution in [-0.4, -0.2) is 23.0 Å². The standard InChI is InChI=1S/C15H13ClN4O/c1-20(14-18-12-4-2-3-5-13(12)19-14)15(21)17-11-8-6-10(16)7-9-11/h2-9H,1H3,(H,17,21)(H,18,19). The van der Waals surface area contributed by atoms with Crippen LogP contribution in [0.1, 0.15) is 0 Å². The van der Waals surface area contributed by atoms with Crippen LogP contribution in [0.5, 0.6) is 0 Å². The Hall–Kier alpha value is -2.53. The van der Waals surface area contributed by atoms with Crippen LogP contribution < -0.4 is 10.2 Å². The van der Waals surface area contributed by atoms with Gasteiger partial charge in [-0.25, -0.2) is 9.78 Å². The molecule has 6 heteroatoms. The van der Waals surface area contributed by atoms with Crippen molar-refractivity contribution in [2.75, 3.05) is 17.3 Å². The molecule has 106 valence electrons. The molecule has 0 atom stereocenters. The van der Waals surface area contributed by atoms with E-state index in [-0.39, 0.29) is 6.03 Å². The van der Waals surface area contributed by atoms with Gasteiger partial charge in [0.2, 0.25) is 5.95 Å². The molecule has 2 amide bonds. The molecule has 5 nitrogen and oxygen atoms in total. The molecule has 0 aliphatic rings. The molecule has 0 aliphatic heterocycles. The van der Waals surface area contributed by atoms with Crippen LogP contribution in [0.4, 0.5) is 16.4 Å². The number of rotatable bonds is 2. The summed E-state index contributed by atoms with van der Waals surface area (Å²) in [6.45, 7) is 0. The number of imidazole rings is 1. The zero-order valence-corrected chi connectivity index (χ0v) is 12.1. The van der Waals surface area contributed by atoms with E-state index in [2.05, 4.69) is 15.3 Å². The fourth-order valence-electron chi connectivity index (χ4n) is 1.93. The smallest absolute Gasteiger partial charge is 0.324 e. The van der Waals surface area contributed by atoms with Gasteiger partial charge < -0.3 is 10.3 Å². The maximum Gasteiger partial charge on any atom is 0.328 e. The molecule has 3 aromatic rings. The molecule has 0 radical (unpaired) electrons. The van der Waals surface area contributed by atoms with Gasteiger partial charge in [-0.3, -0.25) is 4.90 Å². The number of aromatic nitrogens is 2. The summed E-state index contributed by atoms with van der Waals surface area (Å²) in [5.74, 6) is 0.489. The number of halogens is 1. The summed E-state index contributed by atoms with van der Waals surface area (Å²) in [5, 5.41) is 3.40. The summed E-state index contributed by atoms with van der Waals surface area (Å²) in [7, 11) is 1.66. The van der Waals surface area contributed by atoms with Crippen molar-refractivity contribution in [1.29, 1.82) is 0 Å². The molecule has 0 spiro atoms. The van der Waals surface area contributed by atoms with E-state index in [1.165, 1.54) is 4.90 Å².